The van der Waals surface area contributed by atoms with Gasteiger partial charge in [0.25, 0.3) is 0 Å². The molecule has 1 aliphatic carbocycles. The fourth-order valence-corrected chi connectivity index (χ4v) is 2.26. The number of primary amides is 1. The standard InChI is InChI=1S/C12H23N3O2/c1-14-11(16)8-10(12(13)17)15-9-6-4-2-3-5-7-9/h9-10,15H,2-8H2,1H3,(H2,13,17)(H,14,16). The zero-order chi connectivity index (χ0) is 12.7. The molecular weight excluding hydrogens is 218 g/mol. The first-order valence-electron chi connectivity index (χ1n) is 6.39. The lowest BCUT2D eigenvalue weighted by Gasteiger charge is -2.22. The van der Waals surface area contributed by atoms with Crippen molar-refractivity contribution in [2.45, 2.75) is 57.0 Å². The van der Waals surface area contributed by atoms with Crippen LogP contribution in [0.25, 0.3) is 0 Å². The second kappa shape index (κ2) is 7.27. The van der Waals surface area contributed by atoms with Crippen molar-refractivity contribution in [1.29, 1.82) is 0 Å². The topological polar surface area (TPSA) is 84.2 Å². The van der Waals surface area contributed by atoms with Gasteiger partial charge in [-0.05, 0) is 12.8 Å². The minimum absolute atomic E-state index is 0.127. The molecule has 4 N–H and O–H groups in total. The first-order valence-corrected chi connectivity index (χ1v) is 6.39. The Kier molecular flexibility index (Phi) is 5.97. The van der Waals surface area contributed by atoms with Gasteiger partial charge >= 0.3 is 0 Å². The average Bonchev–Trinajstić information content (AvgIpc) is 2.56. The molecule has 5 heteroatoms. The van der Waals surface area contributed by atoms with Crippen LogP contribution in [0.5, 0.6) is 0 Å². The third kappa shape index (κ3) is 5.17. The van der Waals surface area contributed by atoms with Crippen molar-refractivity contribution in [3.05, 3.63) is 0 Å². The number of hydrogen-bond acceptors (Lipinski definition) is 3. The largest absolute Gasteiger partial charge is 0.368 e. The van der Waals surface area contributed by atoms with E-state index < -0.39 is 11.9 Å². The quantitative estimate of drug-likeness (QED) is 0.605. The van der Waals surface area contributed by atoms with Gasteiger partial charge in [-0.15, -0.1) is 0 Å². The maximum Gasteiger partial charge on any atom is 0.235 e. The van der Waals surface area contributed by atoms with Crippen molar-refractivity contribution in [2.75, 3.05) is 7.05 Å². The van der Waals surface area contributed by atoms with Gasteiger partial charge in [-0.3, -0.25) is 9.59 Å². The van der Waals surface area contributed by atoms with E-state index in [1.807, 2.05) is 0 Å². The summed E-state index contributed by atoms with van der Waals surface area (Å²) in [6.45, 7) is 0. The van der Waals surface area contributed by atoms with Crippen molar-refractivity contribution in [3.63, 3.8) is 0 Å². The summed E-state index contributed by atoms with van der Waals surface area (Å²) < 4.78 is 0. The molecule has 0 bridgehead atoms. The Morgan fingerprint density at radius 2 is 1.82 bits per heavy atom. The molecule has 0 saturated heterocycles. The highest BCUT2D eigenvalue weighted by molar-refractivity contribution is 5.87. The smallest absolute Gasteiger partial charge is 0.235 e. The number of amides is 2. The lowest BCUT2D eigenvalue weighted by Crippen LogP contribution is -2.48. The molecule has 1 rings (SSSR count). The normalized spacial score (nSPS) is 19.4. The molecule has 1 atom stereocenters. The second-order valence-electron chi connectivity index (χ2n) is 4.69. The summed E-state index contributed by atoms with van der Waals surface area (Å²) in [5.74, 6) is -0.604. The van der Waals surface area contributed by atoms with E-state index in [4.69, 9.17) is 5.73 Å². The number of nitrogens with one attached hydrogen (secondary N) is 2. The van der Waals surface area contributed by atoms with Gasteiger partial charge in [-0.1, -0.05) is 25.7 Å². The zero-order valence-corrected chi connectivity index (χ0v) is 10.5. The summed E-state index contributed by atoms with van der Waals surface area (Å²) in [4.78, 5) is 22.6. The number of carbonyl (C=O) groups is 2. The molecule has 0 spiro atoms. The number of hydrogen-bond donors (Lipinski definition) is 3. The first-order chi connectivity index (χ1) is 8.13. The van der Waals surface area contributed by atoms with Crippen LogP contribution in [0.1, 0.15) is 44.9 Å². The average molecular weight is 241 g/mol. The Balaban J connectivity index is 2.47. The van der Waals surface area contributed by atoms with E-state index in [1.165, 1.54) is 25.7 Å². The molecular formula is C12H23N3O2. The van der Waals surface area contributed by atoms with Crippen LogP contribution >= 0.6 is 0 Å². The van der Waals surface area contributed by atoms with E-state index in [2.05, 4.69) is 10.6 Å². The van der Waals surface area contributed by atoms with Crippen LogP contribution < -0.4 is 16.4 Å². The van der Waals surface area contributed by atoms with Crippen molar-refractivity contribution in [2.24, 2.45) is 5.73 Å². The molecule has 1 aliphatic rings. The summed E-state index contributed by atoms with van der Waals surface area (Å²) in [6.07, 6.45) is 7.15. The molecule has 0 radical (unpaired) electrons. The lowest BCUT2D eigenvalue weighted by molar-refractivity contribution is -0.126. The molecule has 0 aliphatic heterocycles. The van der Waals surface area contributed by atoms with Crippen molar-refractivity contribution in [1.82, 2.24) is 10.6 Å². The Bertz CT molecular complexity index is 260. The zero-order valence-electron chi connectivity index (χ0n) is 10.5. The summed E-state index contributed by atoms with van der Waals surface area (Å²) in [5.41, 5.74) is 5.31. The highest BCUT2D eigenvalue weighted by Crippen LogP contribution is 2.17. The van der Waals surface area contributed by atoms with Crippen LogP contribution in [0.4, 0.5) is 0 Å². The summed E-state index contributed by atoms with van der Waals surface area (Å²) >= 11 is 0. The van der Waals surface area contributed by atoms with Gasteiger partial charge in [0.15, 0.2) is 0 Å². The van der Waals surface area contributed by atoms with Gasteiger partial charge in [0.05, 0.1) is 12.5 Å². The summed E-state index contributed by atoms with van der Waals surface area (Å²) in [5, 5.41) is 5.74. The minimum Gasteiger partial charge on any atom is -0.368 e. The second-order valence-corrected chi connectivity index (χ2v) is 4.69. The fraction of sp³-hybridized carbons (Fsp3) is 0.833. The van der Waals surface area contributed by atoms with Gasteiger partial charge in [0, 0.05) is 13.1 Å². The van der Waals surface area contributed by atoms with E-state index in [-0.39, 0.29) is 12.3 Å². The van der Waals surface area contributed by atoms with Gasteiger partial charge in [-0.25, -0.2) is 0 Å². The molecule has 0 aromatic rings. The number of nitrogens with two attached hydrogens (primary N) is 1. The van der Waals surface area contributed by atoms with Crippen molar-refractivity contribution < 1.29 is 9.59 Å². The van der Waals surface area contributed by atoms with E-state index in [0.29, 0.717) is 6.04 Å². The van der Waals surface area contributed by atoms with Gasteiger partial charge < -0.3 is 16.4 Å². The molecule has 0 aromatic carbocycles. The van der Waals surface area contributed by atoms with Crippen LogP contribution in [0.2, 0.25) is 0 Å². The van der Waals surface area contributed by atoms with Crippen LogP contribution in [-0.4, -0.2) is 30.9 Å². The molecule has 2 amide bonds. The third-order valence-corrected chi connectivity index (χ3v) is 3.30. The third-order valence-electron chi connectivity index (χ3n) is 3.30. The molecule has 5 nitrogen and oxygen atoms in total. The number of rotatable bonds is 5. The highest BCUT2D eigenvalue weighted by Gasteiger charge is 2.22. The fourth-order valence-electron chi connectivity index (χ4n) is 2.26. The maximum absolute atomic E-state index is 11.3. The Morgan fingerprint density at radius 1 is 1.24 bits per heavy atom. The molecule has 98 valence electrons. The van der Waals surface area contributed by atoms with Gasteiger partial charge in [0.2, 0.25) is 11.8 Å². The van der Waals surface area contributed by atoms with E-state index >= 15 is 0 Å². The minimum atomic E-state index is -0.543. The molecule has 0 heterocycles. The van der Waals surface area contributed by atoms with Crippen molar-refractivity contribution in [3.8, 4) is 0 Å². The Labute approximate surface area is 103 Å². The predicted octanol–water partition coefficient (Wildman–Crippen LogP) is 0.289. The van der Waals surface area contributed by atoms with Gasteiger partial charge in [0.1, 0.15) is 0 Å². The Hall–Kier alpha value is -1.10. The van der Waals surface area contributed by atoms with Crippen LogP contribution in [0.15, 0.2) is 0 Å². The Morgan fingerprint density at radius 3 is 2.29 bits per heavy atom. The van der Waals surface area contributed by atoms with Crippen LogP contribution in [0, 0.1) is 0 Å². The van der Waals surface area contributed by atoms with E-state index in [9.17, 15) is 9.59 Å². The van der Waals surface area contributed by atoms with Gasteiger partial charge in [-0.2, -0.15) is 0 Å². The van der Waals surface area contributed by atoms with Crippen molar-refractivity contribution >= 4 is 11.8 Å². The predicted molar refractivity (Wildman–Crippen MR) is 66.3 cm³/mol. The SMILES string of the molecule is CNC(=O)CC(NC1CCCCCC1)C(N)=O. The molecule has 1 fully saturated rings. The summed E-state index contributed by atoms with van der Waals surface area (Å²) in [7, 11) is 1.56. The lowest BCUT2D eigenvalue weighted by atomic mass is 10.1. The molecule has 17 heavy (non-hydrogen) atoms. The molecule has 1 unspecified atom stereocenters. The van der Waals surface area contributed by atoms with Crippen LogP contribution in [0.3, 0.4) is 0 Å². The summed E-state index contributed by atoms with van der Waals surface area (Å²) in [6, 6.07) is -0.224. The first kappa shape index (κ1) is 14.0. The molecule has 0 aromatic heterocycles. The van der Waals surface area contributed by atoms with Crippen LogP contribution in [-0.2, 0) is 9.59 Å². The van der Waals surface area contributed by atoms with E-state index in [1.54, 1.807) is 7.05 Å². The molecule has 1 saturated carbocycles. The maximum atomic E-state index is 11.3. The highest BCUT2D eigenvalue weighted by atomic mass is 16.2. The number of carbonyl (C=O) groups excluding carboxylic acids is 2. The monoisotopic (exact) mass is 241 g/mol. The van der Waals surface area contributed by atoms with E-state index in [0.717, 1.165) is 12.8 Å².